The number of hydrogen-bond acceptors (Lipinski definition) is 4. The van der Waals surface area contributed by atoms with E-state index in [4.69, 9.17) is 5.11 Å². The van der Waals surface area contributed by atoms with Crippen molar-refractivity contribution in [3.8, 4) is 6.07 Å². The Morgan fingerprint density at radius 2 is 2.00 bits per heavy atom. The van der Waals surface area contributed by atoms with Crippen LogP contribution in [-0.4, -0.2) is 22.3 Å². The molecule has 1 saturated carbocycles. The van der Waals surface area contributed by atoms with Gasteiger partial charge in [-0.3, -0.25) is 4.79 Å². The predicted molar refractivity (Wildman–Crippen MR) is 78.0 cm³/mol. The van der Waals surface area contributed by atoms with Gasteiger partial charge in [-0.05, 0) is 43.4 Å². The smallest absolute Gasteiger partial charge is 0.231 e. The van der Waals surface area contributed by atoms with Gasteiger partial charge in [-0.15, -0.1) is 11.8 Å². The van der Waals surface area contributed by atoms with Gasteiger partial charge in [-0.25, -0.2) is 0 Å². The van der Waals surface area contributed by atoms with Crippen LogP contribution in [-0.2, 0) is 11.4 Å². The molecule has 4 nitrogen and oxygen atoms in total. The number of thioether (sulfide) groups is 1. The number of carbonyl (C=O) groups excluding carboxylic acids is 1. The highest BCUT2D eigenvalue weighted by molar-refractivity contribution is 8.00. The molecule has 20 heavy (non-hydrogen) atoms. The Morgan fingerprint density at radius 3 is 2.55 bits per heavy atom. The summed E-state index contributed by atoms with van der Waals surface area (Å²) in [5.74, 6) is 0.215. The summed E-state index contributed by atoms with van der Waals surface area (Å²) in [7, 11) is 0. The lowest BCUT2D eigenvalue weighted by atomic mass is 10.0. The third-order valence-electron chi connectivity index (χ3n) is 3.53. The van der Waals surface area contributed by atoms with Crippen molar-refractivity contribution in [1.29, 1.82) is 5.26 Å². The molecule has 1 aromatic carbocycles. The Balaban J connectivity index is 1.84. The first-order chi connectivity index (χ1) is 9.67. The summed E-state index contributed by atoms with van der Waals surface area (Å²) in [5, 5.41) is 21.0. The summed E-state index contributed by atoms with van der Waals surface area (Å²) in [6.07, 6.45) is 3.52. The molecule has 0 aliphatic heterocycles. The van der Waals surface area contributed by atoms with Crippen molar-refractivity contribution in [1.82, 2.24) is 5.32 Å². The molecular weight excluding hydrogens is 272 g/mol. The van der Waals surface area contributed by atoms with E-state index >= 15 is 0 Å². The molecule has 1 aromatic rings. The van der Waals surface area contributed by atoms with E-state index in [1.165, 1.54) is 11.8 Å². The molecule has 0 heterocycles. The fourth-order valence-corrected chi connectivity index (χ4v) is 3.08. The summed E-state index contributed by atoms with van der Waals surface area (Å²) < 4.78 is 0. The Kier molecular flexibility index (Phi) is 5.05. The van der Waals surface area contributed by atoms with E-state index in [9.17, 15) is 10.1 Å². The second-order valence-electron chi connectivity index (χ2n) is 5.04. The molecule has 0 unspecified atom stereocenters. The highest BCUT2D eigenvalue weighted by Gasteiger charge is 2.35. The number of nitrogens with zero attached hydrogens (tertiary/aromatic N) is 1. The van der Waals surface area contributed by atoms with Crippen molar-refractivity contribution >= 4 is 17.7 Å². The molecule has 1 aliphatic carbocycles. The SMILES string of the molecule is N#CC1(NC(=O)CSc2ccc(CO)cc2)CCCC1. The molecule has 1 aliphatic rings. The Labute approximate surface area is 123 Å². The molecule has 0 bridgehead atoms. The van der Waals surface area contributed by atoms with E-state index in [0.29, 0.717) is 5.75 Å². The molecule has 106 valence electrons. The van der Waals surface area contributed by atoms with Gasteiger partial charge < -0.3 is 10.4 Å². The van der Waals surface area contributed by atoms with E-state index in [0.717, 1.165) is 36.1 Å². The van der Waals surface area contributed by atoms with Crippen LogP contribution in [0.15, 0.2) is 29.2 Å². The molecule has 0 radical (unpaired) electrons. The second kappa shape index (κ2) is 6.78. The number of benzene rings is 1. The minimum absolute atomic E-state index is 0.0239. The average molecular weight is 290 g/mol. The molecule has 0 atom stereocenters. The highest BCUT2D eigenvalue weighted by atomic mass is 32.2. The van der Waals surface area contributed by atoms with Crippen molar-refractivity contribution < 1.29 is 9.90 Å². The molecule has 0 saturated heterocycles. The summed E-state index contributed by atoms with van der Waals surface area (Å²) in [4.78, 5) is 12.9. The van der Waals surface area contributed by atoms with E-state index in [2.05, 4.69) is 11.4 Å². The van der Waals surface area contributed by atoms with E-state index in [1.54, 1.807) is 0 Å². The minimum atomic E-state index is -0.640. The zero-order valence-electron chi connectivity index (χ0n) is 11.3. The van der Waals surface area contributed by atoms with Crippen LogP contribution >= 0.6 is 11.8 Å². The summed E-state index contributed by atoms with van der Waals surface area (Å²) in [6.45, 7) is 0.0239. The fourth-order valence-electron chi connectivity index (χ4n) is 2.39. The van der Waals surface area contributed by atoms with Crippen molar-refractivity contribution in [3.05, 3.63) is 29.8 Å². The minimum Gasteiger partial charge on any atom is -0.392 e. The maximum Gasteiger partial charge on any atom is 0.231 e. The third-order valence-corrected chi connectivity index (χ3v) is 4.54. The number of hydrogen-bond donors (Lipinski definition) is 2. The van der Waals surface area contributed by atoms with Crippen LogP contribution in [0.5, 0.6) is 0 Å². The highest BCUT2D eigenvalue weighted by Crippen LogP contribution is 2.29. The third kappa shape index (κ3) is 3.75. The van der Waals surface area contributed by atoms with Gasteiger partial charge >= 0.3 is 0 Å². The summed E-state index contributed by atoms with van der Waals surface area (Å²) in [5.41, 5.74) is 0.214. The average Bonchev–Trinajstić information content (AvgIpc) is 2.95. The van der Waals surface area contributed by atoms with Gasteiger partial charge in [0.15, 0.2) is 0 Å². The van der Waals surface area contributed by atoms with Gasteiger partial charge in [-0.1, -0.05) is 12.1 Å². The molecular formula is C15H18N2O2S. The van der Waals surface area contributed by atoms with E-state index in [-0.39, 0.29) is 12.5 Å². The number of nitriles is 1. The molecule has 5 heteroatoms. The lowest BCUT2D eigenvalue weighted by molar-refractivity contribution is -0.119. The van der Waals surface area contributed by atoms with Crippen LogP contribution in [0.3, 0.4) is 0 Å². The van der Waals surface area contributed by atoms with Gasteiger partial charge in [0, 0.05) is 4.90 Å². The van der Waals surface area contributed by atoms with Crippen LogP contribution in [0.2, 0.25) is 0 Å². The number of rotatable bonds is 5. The molecule has 0 spiro atoms. The zero-order chi connectivity index (χ0) is 14.4. The molecule has 2 N–H and O–H groups in total. The Morgan fingerprint density at radius 1 is 1.35 bits per heavy atom. The topological polar surface area (TPSA) is 73.1 Å². The van der Waals surface area contributed by atoms with Crippen LogP contribution in [0, 0.1) is 11.3 Å². The standard InChI is InChI=1S/C15H18N2O2S/c16-11-15(7-1-2-8-15)17-14(19)10-20-13-5-3-12(9-18)4-6-13/h3-6,18H,1-2,7-10H2,(H,17,19). The van der Waals surface area contributed by atoms with Crippen LogP contribution in [0.4, 0.5) is 0 Å². The van der Waals surface area contributed by atoms with Crippen LogP contribution in [0.25, 0.3) is 0 Å². The van der Waals surface area contributed by atoms with E-state index < -0.39 is 5.54 Å². The summed E-state index contributed by atoms with van der Waals surface area (Å²) >= 11 is 1.44. The summed E-state index contributed by atoms with van der Waals surface area (Å²) in [6, 6.07) is 9.71. The predicted octanol–water partition coefficient (Wildman–Crippen LogP) is 2.22. The number of nitrogens with one attached hydrogen (secondary N) is 1. The van der Waals surface area contributed by atoms with Gasteiger partial charge in [0.2, 0.25) is 5.91 Å². The van der Waals surface area contributed by atoms with Crippen molar-refractivity contribution in [2.75, 3.05) is 5.75 Å². The lowest BCUT2D eigenvalue weighted by Gasteiger charge is -2.21. The maximum atomic E-state index is 11.9. The van der Waals surface area contributed by atoms with Gasteiger partial charge in [0.05, 0.1) is 18.4 Å². The molecule has 0 aromatic heterocycles. The van der Waals surface area contributed by atoms with Gasteiger partial charge in [-0.2, -0.15) is 5.26 Å². The van der Waals surface area contributed by atoms with Crippen LogP contribution in [0.1, 0.15) is 31.2 Å². The first-order valence-corrected chi connectivity index (χ1v) is 7.71. The van der Waals surface area contributed by atoms with Gasteiger partial charge in [0.1, 0.15) is 5.54 Å². The lowest BCUT2D eigenvalue weighted by Crippen LogP contribution is -2.45. The molecule has 1 amide bonds. The largest absolute Gasteiger partial charge is 0.392 e. The molecule has 1 fully saturated rings. The molecule has 2 rings (SSSR count). The number of aliphatic hydroxyl groups excluding tert-OH is 1. The van der Waals surface area contributed by atoms with Crippen molar-refractivity contribution in [2.45, 2.75) is 42.7 Å². The zero-order valence-corrected chi connectivity index (χ0v) is 12.1. The monoisotopic (exact) mass is 290 g/mol. The fraction of sp³-hybridized carbons (Fsp3) is 0.467. The Bertz CT molecular complexity index is 502. The first kappa shape index (κ1) is 14.9. The Hall–Kier alpha value is -1.51. The quantitative estimate of drug-likeness (QED) is 0.816. The number of carbonyl (C=O) groups is 1. The normalized spacial score (nSPS) is 16.6. The van der Waals surface area contributed by atoms with Crippen molar-refractivity contribution in [3.63, 3.8) is 0 Å². The number of amides is 1. The maximum absolute atomic E-state index is 11.9. The van der Waals surface area contributed by atoms with Gasteiger partial charge in [0.25, 0.3) is 0 Å². The number of aliphatic hydroxyl groups is 1. The van der Waals surface area contributed by atoms with E-state index in [1.807, 2.05) is 24.3 Å². The van der Waals surface area contributed by atoms with Crippen LogP contribution < -0.4 is 5.32 Å². The first-order valence-electron chi connectivity index (χ1n) is 6.72. The second-order valence-corrected chi connectivity index (χ2v) is 6.09. The van der Waals surface area contributed by atoms with Crippen molar-refractivity contribution in [2.24, 2.45) is 0 Å².